The van der Waals surface area contributed by atoms with E-state index in [0.717, 1.165) is 11.3 Å². The Labute approximate surface area is 135 Å². The summed E-state index contributed by atoms with van der Waals surface area (Å²) >= 11 is 0. The summed E-state index contributed by atoms with van der Waals surface area (Å²) in [4.78, 5) is 22.1. The van der Waals surface area contributed by atoms with Crippen molar-refractivity contribution in [3.05, 3.63) is 90.0 Å². The van der Waals surface area contributed by atoms with Crippen LogP contribution in [0.3, 0.4) is 0 Å². The molecular weight excluding hydrogens is 286 g/mol. The van der Waals surface area contributed by atoms with E-state index in [9.17, 15) is 4.79 Å². The highest BCUT2D eigenvalue weighted by molar-refractivity contribution is 5.92. The third kappa shape index (κ3) is 3.48. The summed E-state index contributed by atoms with van der Waals surface area (Å²) in [6.45, 7) is 2.54. The lowest BCUT2D eigenvalue weighted by molar-refractivity contribution is 0.0665. The van der Waals surface area contributed by atoms with Crippen LogP contribution in [0.5, 0.6) is 0 Å². The first kappa shape index (κ1) is 15.0. The average molecular weight is 305 g/mol. The minimum absolute atomic E-state index is 0.0305. The van der Waals surface area contributed by atoms with Gasteiger partial charge in [0.1, 0.15) is 5.69 Å². The van der Waals surface area contributed by atoms with Crippen LogP contribution in [0.2, 0.25) is 0 Å². The van der Waals surface area contributed by atoms with E-state index in [2.05, 4.69) is 9.97 Å². The maximum Gasteiger partial charge on any atom is 0.271 e. The van der Waals surface area contributed by atoms with Crippen LogP contribution in [0.4, 0.5) is 0 Å². The molecule has 1 N–H and O–H groups in total. The molecule has 0 aliphatic heterocycles. The van der Waals surface area contributed by atoms with Gasteiger partial charge in [-0.15, -0.1) is 0 Å². The number of hydrogen-bond donors (Lipinski definition) is 1. The smallest absolute Gasteiger partial charge is 0.271 e. The lowest BCUT2D eigenvalue weighted by Crippen LogP contribution is -2.33. The van der Waals surface area contributed by atoms with Crippen LogP contribution in [0.1, 0.15) is 34.7 Å². The quantitative estimate of drug-likeness (QED) is 0.779. The Balaban J connectivity index is 1.91. The molecule has 0 bridgehead atoms. The van der Waals surface area contributed by atoms with Crippen molar-refractivity contribution >= 4 is 5.91 Å². The number of aromatic amines is 1. The molecule has 1 amide bonds. The van der Waals surface area contributed by atoms with Crippen molar-refractivity contribution in [2.75, 3.05) is 0 Å². The molecule has 0 aliphatic carbocycles. The van der Waals surface area contributed by atoms with E-state index < -0.39 is 0 Å². The lowest BCUT2D eigenvalue weighted by atomic mass is 10.1. The number of pyridine rings is 1. The van der Waals surface area contributed by atoms with E-state index in [0.29, 0.717) is 12.2 Å². The largest absolute Gasteiger partial charge is 0.357 e. The summed E-state index contributed by atoms with van der Waals surface area (Å²) in [6.07, 6.45) is 3.52. The first-order chi connectivity index (χ1) is 11.3. The number of H-pyrrole nitrogens is 1. The van der Waals surface area contributed by atoms with Gasteiger partial charge in [-0.05, 0) is 36.8 Å². The number of nitrogens with one attached hydrogen (secondary N) is 1. The maximum atomic E-state index is 12.9. The molecule has 4 nitrogen and oxygen atoms in total. The Kier molecular flexibility index (Phi) is 4.52. The van der Waals surface area contributed by atoms with Crippen molar-refractivity contribution in [3.63, 3.8) is 0 Å². The number of amides is 1. The van der Waals surface area contributed by atoms with Gasteiger partial charge in [0.2, 0.25) is 0 Å². The first-order valence-corrected chi connectivity index (χ1v) is 7.65. The Hall–Kier alpha value is -2.88. The fraction of sp³-hybridized carbons (Fsp3) is 0.158. The molecule has 2 heterocycles. The average Bonchev–Trinajstić information content (AvgIpc) is 3.15. The summed E-state index contributed by atoms with van der Waals surface area (Å²) < 4.78 is 0. The van der Waals surface area contributed by atoms with Crippen molar-refractivity contribution in [1.29, 1.82) is 0 Å². The molecule has 0 aliphatic rings. The second kappa shape index (κ2) is 6.92. The van der Waals surface area contributed by atoms with E-state index in [4.69, 9.17) is 0 Å². The topological polar surface area (TPSA) is 49.0 Å². The van der Waals surface area contributed by atoms with Crippen LogP contribution in [0.15, 0.2) is 73.1 Å². The second-order valence-corrected chi connectivity index (χ2v) is 5.43. The molecule has 0 saturated carbocycles. The zero-order valence-corrected chi connectivity index (χ0v) is 13.0. The molecule has 3 rings (SSSR count). The van der Waals surface area contributed by atoms with Crippen LogP contribution in [-0.4, -0.2) is 20.8 Å². The summed E-state index contributed by atoms with van der Waals surface area (Å²) in [5, 5.41) is 0. The molecule has 3 aromatic rings. The molecule has 116 valence electrons. The second-order valence-electron chi connectivity index (χ2n) is 5.43. The number of nitrogens with zero attached hydrogens (tertiary/aromatic N) is 2. The minimum Gasteiger partial charge on any atom is -0.357 e. The van der Waals surface area contributed by atoms with Gasteiger partial charge in [0.25, 0.3) is 5.91 Å². The Morgan fingerprint density at radius 2 is 1.87 bits per heavy atom. The van der Waals surface area contributed by atoms with Gasteiger partial charge in [-0.3, -0.25) is 9.78 Å². The number of hydrogen-bond acceptors (Lipinski definition) is 2. The molecule has 0 saturated heterocycles. The van der Waals surface area contributed by atoms with E-state index in [1.54, 1.807) is 18.5 Å². The fourth-order valence-electron chi connectivity index (χ4n) is 2.57. The van der Waals surface area contributed by atoms with E-state index in [-0.39, 0.29) is 11.9 Å². The molecule has 0 unspecified atom stereocenters. The van der Waals surface area contributed by atoms with Crippen LogP contribution in [0, 0.1) is 0 Å². The maximum absolute atomic E-state index is 12.9. The number of carbonyl (C=O) groups is 1. The van der Waals surface area contributed by atoms with Gasteiger partial charge in [0.05, 0.1) is 11.7 Å². The molecule has 1 atom stereocenters. The molecule has 4 heteroatoms. The van der Waals surface area contributed by atoms with Gasteiger partial charge in [0, 0.05) is 18.9 Å². The van der Waals surface area contributed by atoms with Gasteiger partial charge in [-0.2, -0.15) is 0 Å². The Morgan fingerprint density at radius 3 is 2.52 bits per heavy atom. The highest BCUT2D eigenvalue weighted by Crippen LogP contribution is 2.22. The number of carbonyl (C=O) groups excluding carboxylic acids is 1. The zero-order valence-electron chi connectivity index (χ0n) is 13.0. The van der Waals surface area contributed by atoms with E-state index in [1.165, 1.54) is 0 Å². The van der Waals surface area contributed by atoms with E-state index in [1.807, 2.05) is 66.4 Å². The van der Waals surface area contributed by atoms with Gasteiger partial charge in [-0.25, -0.2) is 0 Å². The van der Waals surface area contributed by atoms with E-state index >= 15 is 0 Å². The third-order valence-electron chi connectivity index (χ3n) is 3.87. The van der Waals surface area contributed by atoms with Crippen LogP contribution in [0.25, 0.3) is 0 Å². The highest BCUT2D eigenvalue weighted by Gasteiger charge is 2.24. The standard InChI is InChI=1S/C19H19N3O/c1-15(17-10-5-6-12-20-17)22(14-16-8-3-2-4-9-16)19(23)18-11-7-13-21-18/h2-13,15,21H,14H2,1H3/t15-/m0/s1. The SMILES string of the molecule is C[C@@H](c1ccccn1)N(Cc1ccccc1)C(=O)c1ccc[nH]1. The summed E-state index contributed by atoms with van der Waals surface area (Å²) in [5.41, 5.74) is 2.56. The van der Waals surface area contributed by atoms with Crippen molar-refractivity contribution < 1.29 is 4.79 Å². The number of benzene rings is 1. The Morgan fingerprint density at radius 1 is 1.09 bits per heavy atom. The molecule has 2 aromatic heterocycles. The molecule has 1 aromatic carbocycles. The van der Waals surface area contributed by atoms with Gasteiger partial charge in [0.15, 0.2) is 0 Å². The molecule has 0 fully saturated rings. The fourth-order valence-corrected chi connectivity index (χ4v) is 2.57. The number of aromatic nitrogens is 2. The monoisotopic (exact) mass is 305 g/mol. The summed E-state index contributed by atoms with van der Waals surface area (Å²) in [6, 6.07) is 19.3. The molecule has 23 heavy (non-hydrogen) atoms. The predicted molar refractivity (Wildman–Crippen MR) is 89.8 cm³/mol. The van der Waals surface area contributed by atoms with Gasteiger partial charge >= 0.3 is 0 Å². The minimum atomic E-state index is -0.118. The molecule has 0 radical (unpaired) electrons. The first-order valence-electron chi connectivity index (χ1n) is 7.65. The van der Waals surface area contributed by atoms with Crippen LogP contribution >= 0.6 is 0 Å². The highest BCUT2D eigenvalue weighted by atomic mass is 16.2. The lowest BCUT2D eigenvalue weighted by Gasteiger charge is -2.28. The van der Waals surface area contributed by atoms with Crippen LogP contribution < -0.4 is 0 Å². The molecule has 0 spiro atoms. The van der Waals surface area contributed by atoms with Crippen molar-refractivity contribution in [3.8, 4) is 0 Å². The molecular formula is C19H19N3O. The summed E-state index contributed by atoms with van der Waals surface area (Å²) in [5.74, 6) is -0.0305. The van der Waals surface area contributed by atoms with Crippen molar-refractivity contribution in [2.24, 2.45) is 0 Å². The van der Waals surface area contributed by atoms with Gasteiger partial charge < -0.3 is 9.88 Å². The summed E-state index contributed by atoms with van der Waals surface area (Å²) in [7, 11) is 0. The number of rotatable bonds is 5. The van der Waals surface area contributed by atoms with Crippen molar-refractivity contribution in [2.45, 2.75) is 19.5 Å². The normalized spacial score (nSPS) is 11.9. The van der Waals surface area contributed by atoms with Gasteiger partial charge in [-0.1, -0.05) is 36.4 Å². The van der Waals surface area contributed by atoms with Crippen LogP contribution in [-0.2, 0) is 6.54 Å². The Bertz CT molecular complexity index is 739. The predicted octanol–water partition coefficient (Wildman–Crippen LogP) is 3.81. The zero-order chi connectivity index (χ0) is 16.1. The third-order valence-corrected chi connectivity index (χ3v) is 3.87. The van der Waals surface area contributed by atoms with Crippen molar-refractivity contribution in [1.82, 2.24) is 14.9 Å².